The molecule has 0 aromatic heterocycles. The highest BCUT2D eigenvalue weighted by Gasteiger charge is 2.39. The number of ether oxygens (including phenoxy) is 1. The molecule has 0 saturated heterocycles. The molecule has 3 unspecified atom stereocenters. The molecule has 0 heterocycles. The number of rotatable bonds is 14. The Balaban J connectivity index is 2.62. The third kappa shape index (κ3) is 11.0. The van der Waals surface area contributed by atoms with E-state index >= 15 is 0 Å². The van der Waals surface area contributed by atoms with Gasteiger partial charge in [0.05, 0.1) is 0 Å². The minimum Gasteiger partial charge on any atom is -0.444 e. The lowest BCUT2D eigenvalue weighted by atomic mass is 9.91. The van der Waals surface area contributed by atoms with Crippen molar-refractivity contribution in [1.29, 1.82) is 0 Å². The van der Waals surface area contributed by atoms with Crippen LogP contribution in [-0.2, 0) is 20.9 Å². The first-order valence-corrected chi connectivity index (χ1v) is 16.3. The van der Waals surface area contributed by atoms with Gasteiger partial charge < -0.3 is 20.3 Å². The van der Waals surface area contributed by atoms with E-state index in [1.807, 2.05) is 75.6 Å². The fourth-order valence-electron chi connectivity index (χ4n) is 4.97. The molecule has 2 N–H and O–H groups in total. The molecule has 8 heteroatoms. The number of hydrogen-bond donors (Lipinski definition) is 2. The first kappa shape index (κ1) is 35.2. The van der Waals surface area contributed by atoms with Crippen molar-refractivity contribution in [1.82, 2.24) is 15.5 Å². The number of thioether (sulfide) groups is 1. The number of nitrogens with one attached hydrogen (secondary N) is 2. The summed E-state index contributed by atoms with van der Waals surface area (Å²) in [5, 5.41) is 5.96. The van der Waals surface area contributed by atoms with Gasteiger partial charge in [-0.15, -0.1) is 0 Å². The van der Waals surface area contributed by atoms with Crippen molar-refractivity contribution in [2.24, 2.45) is 5.92 Å². The molecule has 0 aliphatic heterocycles. The third-order valence-electron chi connectivity index (χ3n) is 7.14. The van der Waals surface area contributed by atoms with Crippen LogP contribution in [0, 0.1) is 19.8 Å². The summed E-state index contributed by atoms with van der Waals surface area (Å²) in [4.78, 5) is 43.5. The molecular weight excluding hydrogens is 546 g/mol. The zero-order valence-electron chi connectivity index (χ0n) is 27.0. The van der Waals surface area contributed by atoms with Crippen LogP contribution in [0.25, 0.3) is 0 Å². The van der Waals surface area contributed by atoms with Crippen LogP contribution in [0.4, 0.5) is 4.79 Å². The summed E-state index contributed by atoms with van der Waals surface area (Å²) in [6, 6.07) is 13.7. The van der Waals surface area contributed by atoms with Crippen LogP contribution in [0.2, 0.25) is 0 Å². The highest BCUT2D eigenvalue weighted by molar-refractivity contribution is 7.98. The number of nitrogens with zero attached hydrogens (tertiary/aromatic N) is 1. The summed E-state index contributed by atoms with van der Waals surface area (Å²) in [6.45, 7) is 16.0. The predicted molar refractivity (Wildman–Crippen MR) is 173 cm³/mol. The number of carbonyl (C=O) groups is 3. The maximum absolute atomic E-state index is 14.6. The molecule has 3 atom stereocenters. The zero-order valence-corrected chi connectivity index (χ0v) is 27.8. The number of carbonyl (C=O) groups excluding carboxylic acids is 3. The summed E-state index contributed by atoms with van der Waals surface area (Å²) in [5.41, 5.74) is 2.95. The molecule has 232 valence electrons. The van der Waals surface area contributed by atoms with E-state index in [1.165, 1.54) is 0 Å². The second-order valence-electron chi connectivity index (χ2n) is 12.5. The van der Waals surface area contributed by atoms with E-state index in [1.54, 1.807) is 37.4 Å². The topological polar surface area (TPSA) is 87.7 Å². The quantitative estimate of drug-likeness (QED) is 0.246. The molecule has 0 aliphatic carbocycles. The minimum absolute atomic E-state index is 0.248. The summed E-state index contributed by atoms with van der Waals surface area (Å²) in [6.07, 6.45) is 3.35. The fourth-order valence-corrected chi connectivity index (χ4v) is 5.44. The molecule has 0 fully saturated rings. The Kier molecular flexibility index (Phi) is 13.9. The molecule has 3 amide bonds. The molecule has 0 saturated carbocycles. The lowest BCUT2D eigenvalue weighted by Crippen LogP contribution is -2.56. The van der Waals surface area contributed by atoms with Gasteiger partial charge in [-0.25, -0.2) is 4.79 Å². The van der Waals surface area contributed by atoms with Gasteiger partial charge in [0.15, 0.2) is 0 Å². The second-order valence-corrected chi connectivity index (χ2v) is 13.4. The first-order chi connectivity index (χ1) is 19.7. The van der Waals surface area contributed by atoms with Crippen molar-refractivity contribution in [3.05, 3.63) is 70.8 Å². The smallest absolute Gasteiger partial charge is 0.408 e. The molecule has 0 radical (unpaired) electrons. The van der Waals surface area contributed by atoms with Crippen molar-refractivity contribution in [2.45, 2.75) is 105 Å². The lowest BCUT2D eigenvalue weighted by Gasteiger charge is -2.40. The fraction of sp³-hybridized carbons (Fsp3) is 0.559. The Labute approximate surface area is 257 Å². The maximum Gasteiger partial charge on any atom is 0.408 e. The lowest BCUT2D eigenvalue weighted by molar-refractivity contribution is -0.145. The van der Waals surface area contributed by atoms with E-state index in [9.17, 15) is 14.4 Å². The number of benzene rings is 2. The summed E-state index contributed by atoms with van der Waals surface area (Å²) in [5.74, 6) is 0.562. The Hall–Kier alpha value is -3.00. The van der Waals surface area contributed by atoms with Gasteiger partial charge in [-0.1, -0.05) is 62.4 Å². The molecule has 0 spiro atoms. The van der Waals surface area contributed by atoms with Crippen LogP contribution in [0.15, 0.2) is 48.5 Å². The Morgan fingerprint density at radius 2 is 1.52 bits per heavy atom. The molecule has 2 aromatic rings. The molecule has 0 aliphatic rings. The normalized spacial score (nSPS) is 13.7. The second kappa shape index (κ2) is 16.6. The number of alkyl carbamates (subject to hydrolysis) is 1. The van der Waals surface area contributed by atoms with E-state index in [2.05, 4.69) is 24.5 Å². The van der Waals surface area contributed by atoms with Gasteiger partial charge in [-0.2, -0.15) is 11.8 Å². The van der Waals surface area contributed by atoms with Crippen LogP contribution in [-0.4, -0.2) is 52.5 Å². The van der Waals surface area contributed by atoms with E-state index in [4.69, 9.17) is 4.74 Å². The van der Waals surface area contributed by atoms with Gasteiger partial charge in [0.25, 0.3) is 0 Å². The molecule has 0 bridgehead atoms. The molecule has 42 heavy (non-hydrogen) atoms. The highest BCUT2D eigenvalue weighted by atomic mass is 32.2. The molecule has 2 aromatic carbocycles. The standard InChI is InChI=1S/C34H51N3O4S/c1-23(2)18-19-26(5)37(32(39)28(20-21-42-9)36-33(40)41-34(6,7)8)30(29-24(3)14-13-15-25(29)4)31(38)35-22-27-16-11-10-12-17-27/h10-17,23,26,28,30H,18-22H2,1-9H3,(H,35,38)(H,36,40). The number of amides is 3. The molecule has 7 nitrogen and oxygen atoms in total. The van der Waals surface area contributed by atoms with Gasteiger partial charge in [-0.3, -0.25) is 9.59 Å². The largest absolute Gasteiger partial charge is 0.444 e. The van der Waals surface area contributed by atoms with Gasteiger partial charge in [0.2, 0.25) is 11.8 Å². The Morgan fingerprint density at radius 1 is 0.905 bits per heavy atom. The zero-order chi connectivity index (χ0) is 31.4. The summed E-state index contributed by atoms with van der Waals surface area (Å²) in [7, 11) is 0. The van der Waals surface area contributed by atoms with E-state index in [0.29, 0.717) is 24.6 Å². The van der Waals surface area contributed by atoms with Crippen LogP contribution in [0.1, 0.15) is 89.1 Å². The minimum atomic E-state index is -0.873. The van der Waals surface area contributed by atoms with Crippen LogP contribution >= 0.6 is 11.8 Å². The highest BCUT2D eigenvalue weighted by Crippen LogP contribution is 2.32. The van der Waals surface area contributed by atoms with Gasteiger partial charge in [0.1, 0.15) is 17.7 Å². The molecule has 2 rings (SSSR count). The predicted octanol–water partition coefficient (Wildman–Crippen LogP) is 6.96. The maximum atomic E-state index is 14.6. The van der Waals surface area contributed by atoms with E-state index in [-0.39, 0.29) is 17.9 Å². The van der Waals surface area contributed by atoms with Crippen LogP contribution < -0.4 is 10.6 Å². The van der Waals surface area contributed by atoms with Crippen molar-refractivity contribution in [2.75, 3.05) is 12.0 Å². The monoisotopic (exact) mass is 597 g/mol. The summed E-state index contributed by atoms with van der Waals surface area (Å²) < 4.78 is 5.53. The van der Waals surface area contributed by atoms with Gasteiger partial charge >= 0.3 is 6.09 Å². The number of aryl methyl sites for hydroxylation is 2. The van der Waals surface area contributed by atoms with Crippen LogP contribution in [0.3, 0.4) is 0 Å². The average molecular weight is 598 g/mol. The molecular formula is C34H51N3O4S. The van der Waals surface area contributed by atoms with Crippen molar-refractivity contribution < 1.29 is 19.1 Å². The average Bonchev–Trinajstić information content (AvgIpc) is 2.91. The van der Waals surface area contributed by atoms with Gasteiger partial charge in [-0.05, 0) is 101 Å². The van der Waals surface area contributed by atoms with Crippen molar-refractivity contribution >= 4 is 29.7 Å². The van der Waals surface area contributed by atoms with E-state index < -0.39 is 23.8 Å². The van der Waals surface area contributed by atoms with Crippen molar-refractivity contribution in [3.8, 4) is 0 Å². The van der Waals surface area contributed by atoms with Crippen molar-refractivity contribution in [3.63, 3.8) is 0 Å². The van der Waals surface area contributed by atoms with Gasteiger partial charge in [0, 0.05) is 12.6 Å². The first-order valence-electron chi connectivity index (χ1n) is 14.9. The third-order valence-corrected chi connectivity index (χ3v) is 7.79. The van der Waals surface area contributed by atoms with Crippen LogP contribution in [0.5, 0.6) is 0 Å². The SMILES string of the molecule is CSCCC(NC(=O)OC(C)(C)C)C(=O)N(C(C)CCC(C)C)C(C(=O)NCc1ccccc1)c1c(C)cccc1C. The Bertz CT molecular complexity index is 1140. The summed E-state index contributed by atoms with van der Waals surface area (Å²) >= 11 is 1.60. The van der Waals surface area contributed by atoms with E-state index in [0.717, 1.165) is 35.1 Å². The Morgan fingerprint density at radius 3 is 2.07 bits per heavy atom. The number of hydrogen-bond acceptors (Lipinski definition) is 5.